The number of anilines is 2. The van der Waals surface area contributed by atoms with Gasteiger partial charge in [0.2, 0.25) is 5.95 Å². The van der Waals surface area contributed by atoms with Crippen LogP contribution in [0.25, 0.3) is 11.3 Å². The fraction of sp³-hybridized carbons (Fsp3) is 0.150. The van der Waals surface area contributed by atoms with Crippen molar-refractivity contribution < 1.29 is 4.74 Å². The largest absolute Gasteiger partial charge is 0.492 e. The first-order valence-electron chi connectivity index (χ1n) is 9.31. The maximum Gasteiger partial charge on any atom is 0.222 e. The average molecular weight is 425 g/mol. The van der Waals surface area contributed by atoms with Crippen LogP contribution < -0.4 is 32.3 Å². The minimum Gasteiger partial charge on any atom is -0.492 e. The van der Waals surface area contributed by atoms with E-state index in [4.69, 9.17) is 22.1 Å². The fourth-order valence-electron chi connectivity index (χ4n) is 2.97. The molecule has 6 N–H and O–H groups in total. The second-order valence-electron chi connectivity index (χ2n) is 6.53. The first-order valence-corrected chi connectivity index (χ1v) is 9.69. The van der Waals surface area contributed by atoms with Crippen molar-refractivity contribution in [3.8, 4) is 17.0 Å². The molecule has 9 nitrogen and oxygen atoms in total. The third kappa shape index (κ3) is 4.53. The molecule has 0 atom stereocenters. The van der Waals surface area contributed by atoms with E-state index in [-0.39, 0.29) is 5.95 Å². The summed E-state index contributed by atoms with van der Waals surface area (Å²) in [6, 6.07) is 15.2. The van der Waals surface area contributed by atoms with Crippen LogP contribution in [0.2, 0.25) is 5.02 Å². The van der Waals surface area contributed by atoms with Crippen molar-refractivity contribution in [2.45, 2.75) is 6.92 Å². The van der Waals surface area contributed by atoms with Crippen molar-refractivity contribution in [1.82, 2.24) is 26.5 Å². The quantitative estimate of drug-likeness (QED) is 0.367. The summed E-state index contributed by atoms with van der Waals surface area (Å²) in [4.78, 5) is 8.58. The van der Waals surface area contributed by atoms with Crippen molar-refractivity contribution >= 4 is 29.2 Å². The van der Waals surface area contributed by atoms with Crippen LogP contribution >= 0.6 is 11.6 Å². The van der Waals surface area contributed by atoms with Crippen LogP contribution in [0.4, 0.5) is 11.8 Å². The summed E-state index contributed by atoms with van der Waals surface area (Å²) < 4.78 is 5.78. The first kappa shape index (κ1) is 19.7. The van der Waals surface area contributed by atoms with Crippen molar-refractivity contribution in [2.24, 2.45) is 5.10 Å². The number of nitrogens with two attached hydrogens (primary N) is 1. The smallest absolute Gasteiger partial charge is 0.222 e. The maximum atomic E-state index is 6.23. The lowest BCUT2D eigenvalue weighted by atomic mass is 10.1. The number of benzene rings is 2. The molecular formula is C20H21ClN8O. The molecule has 0 saturated carbocycles. The van der Waals surface area contributed by atoms with Gasteiger partial charge in [-0.05, 0) is 42.8 Å². The zero-order valence-electron chi connectivity index (χ0n) is 16.2. The van der Waals surface area contributed by atoms with Gasteiger partial charge in [0.1, 0.15) is 18.2 Å². The molecule has 154 valence electrons. The normalized spacial score (nSPS) is 12.7. The summed E-state index contributed by atoms with van der Waals surface area (Å²) in [7, 11) is 0. The Morgan fingerprint density at radius 2 is 1.97 bits per heavy atom. The lowest BCUT2D eigenvalue weighted by Gasteiger charge is -2.11. The average Bonchev–Trinajstić information content (AvgIpc) is 3.28. The number of hydrogen-bond acceptors (Lipinski definition) is 9. The second kappa shape index (κ2) is 8.85. The molecule has 1 aliphatic heterocycles. The number of nitrogen functional groups attached to an aromatic ring is 1. The molecule has 0 bridgehead atoms. The fourth-order valence-corrected chi connectivity index (χ4v) is 3.15. The molecular weight excluding hydrogens is 404 g/mol. The molecule has 0 radical (unpaired) electrons. The lowest BCUT2D eigenvalue weighted by molar-refractivity contribution is 0.332. The number of nitrogens with one attached hydrogen (secondary N) is 4. The zero-order chi connectivity index (χ0) is 20.9. The Morgan fingerprint density at radius 3 is 2.73 bits per heavy atom. The Hall–Kier alpha value is -3.56. The third-order valence-electron chi connectivity index (χ3n) is 4.50. The Labute approximate surface area is 178 Å². The van der Waals surface area contributed by atoms with Crippen LogP contribution in [0.1, 0.15) is 11.1 Å². The molecule has 1 aromatic heterocycles. The molecule has 0 spiro atoms. The molecule has 30 heavy (non-hydrogen) atoms. The van der Waals surface area contributed by atoms with Crippen LogP contribution in [0.15, 0.2) is 53.6 Å². The molecule has 0 saturated heterocycles. The van der Waals surface area contributed by atoms with Gasteiger partial charge in [0.25, 0.3) is 0 Å². The molecule has 2 heterocycles. The minimum absolute atomic E-state index is 0.193. The van der Waals surface area contributed by atoms with Gasteiger partial charge >= 0.3 is 0 Å². The van der Waals surface area contributed by atoms with Gasteiger partial charge < -0.3 is 15.8 Å². The monoisotopic (exact) mass is 424 g/mol. The number of amidine groups is 1. The number of hydrazine groups is 2. The van der Waals surface area contributed by atoms with Crippen LogP contribution in [0, 0.1) is 6.92 Å². The van der Waals surface area contributed by atoms with Crippen LogP contribution in [-0.2, 0) is 0 Å². The highest BCUT2D eigenvalue weighted by atomic mass is 35.5. The highest BCUT2D eigenvalue weighted by molar-refractivity contribution is 6.31. The van der Waals surface area contributed by atoms with Gasteiger partial charge in [0.15, 0.2) is 5.84 Å². The third-order valence-corrected chi connectivity index (χ3v) is 4.91. The topological polar surface area (TPSA) is 122 Å². The van der Waals surface area contributed by atoms with Crippen molar-refractivity contribution in [1.29, 1.82) is 0 Å². The van der Waals surface area contributed by atoms with Crippen LogP contribution in [0.5, 0.6) is 5.75 Å². The Kier molecular flexibility index (Phi) is 5.82. The molecule has 1 aliphatic rings. The molecule has 2 aromatic carbocycles. The van der Waals surface area contributed by atoms with E-state index in [2.05, 4.69) is 36.9 Å². The first-order chi connectivity index (χ1) is 14.6. The number of halogens is 1. The van der Waals surface area contributed by atoms with E-state index < -0.39 is 0 Å². The highest BCUT2D eigenvalue weighted by Crippen LogP contribution is 2.28. The Morgan fingerprint density at radius 1 is 1.13 bits per heavy atom. The van der Waals surface area contributed by atoms with Crippen molar-refractivity contribution in [2.75, 3.05) is 24.2 Å². The number of ether oxygens (including phenoxy) is 1. The van der Waals surface area contributed by atoms with E-state index >= 15 is 0 Å². The second-order valence-corrected chi connectivity index (χ2v) is 6.94. The minimum atomic E-state index is 0.193. The van der Waals surface area contributed by atoms with Gasteiger partial charge in [-0.25, -0.2) is 10.5 Å². The van der Waals surface area contributed by atoms with Gasteiger partial charge in [0, 0.05) is 22.2 Å². The summed E-state index contributed by atoms with van der Waals surface area (Å²) in [5.74, 6) is 2.30. The number of nitrogens with zero attached hydrogens (tertiary/aromatic N) is 3. The molecule has 0 aliphatic carbocycles. The van der Waals surface area contributed by atoms with Crippen LogP contribution in [-0.4, -0.2) is 29.0 Å². The summed E-state index contributed by atoms with van der Waals surface area (Å²) >= 11 is 6.23. The van der Waals surface area contributed by atoms with Gasteiger partial charge in [-0.2, -0.15) is 4.98 Å². The molecule has 0 fully saturated rings. The number of aromatic nitrogens is 2. The SMILES string of the molecule is Cc1c(Cl)cccc1-c1cc(NCCOc2ccc(C3=NNNN3)cc2)nc(N)n1. The van der Waals surface area contributed by atoms with E-state index in [1.165, 1.54) is 0 Å². The van der Waals surface area contributed by atoms with E-state index in [0.717, 1.165) is 28.3 Å². The van der Waals surface area contributed by atoms with E-state index in [9.17, 15) is 0 Å². The Bertz CT molecular complexity index is 1070. The predicted molar refractivity (Wildman–Crippen MR) is 118 cm³/mol. The highest BCUT2D eigenvalue weighted by Gasteiger charge is 2.10. The van der Waals surface area contributed by atoms with E-state index in [0.29, 0.717) is 29.7 Å². The van der Waals surface area contributed by atoms with E-state index in [1.54, 1.807) is 0 Å². The maximum absolute atomic E-state index is 6.23. The van der Waals surface area contributed by atoms with Crippen molar-refractivity contribution in [3.63, 3.8) is 0 Å². The van der Waals surface area contributed by atoms with Crippen LogP contribution in [0.3, 0.4) is 0 Å². The molecule has 4 rings (SSSR count). The molecule has 10 heteroatoms. The van der Waals surface area contributed by atoms with Gasteiger partial charge in [-0.1, -0.05) is 23.7 Å². The number of hydrazone groups is 1. The predicted octanol–water partition coefficient (Wildman–Crippen LogP) is 2.45. The molecule has 0 amide bonds. The summed E-state index contributed by atoms with van der Waals surface area (Å²) in [6.45, 7) is 2.95. The van der Waals surface area contributed by atoms with Gasteiger partial charge in [0.05, 0.1) is 12.2 Å². The van der Waals surface area contributed by atoms with E-state index in [1.807, 2.05) is 55.5 Å². The van der Waals surface area contributed by atoms with Crippen molar-refractivity contribution in [3.05, 3.63) is 64.7 Å². The van der Waals surface area contributed by atoms with Gasteiger partial charge in [-0.3, -0.25) is 5.43 Å². The standard InChI is InChI=1S/C20H21ClN8O/c1-12-15(3-2-4-16(12)21)17-11-18(25-20(22)24-17)23-9-10-30-14-7-5-13(6-8-14)19-26-28-29-27-19/h2-8,11,28-29H,9-10H2,1H3,(H,26,27)(H3,22,23,24,25). The molecule has 3 aromatic rings. The lowest BCUT2D eigenvalue weighted by Crippen LogP contribution is -2.35. The Balaban J connectivity index is 1.35. The summed E-state index contributed by atoms with van der Waals surface area (Å²) in [6.07, 6.45) is 0. The summed E-state index contributed by atoms with van der Waals surface area (Å²) in [5, 5.41) is 7.96. The molecule has 0 unspecified atom stereocenters. The number of hydrogen-bond donors (Lipinski definition) is 5. The zero-order valence-corrected chi connectivity index (χ0v) is 17.0. The summed E-state index contributed by atoms with van der Waals surface area (Å²) in [5.41, 5.74) is 17.6. The number of rotatable bonds is 7. The van der Waals surface area contributed by atoms with Gasteiger partial charge in [-0.15, -0.1) is 10.6 Å².